The molecule has 0 aliphatic carbocycles. The molecule has 3 N–H and O–H groups in total. The van der Waals surface area contributed by atoms with E-state index in [9.17, 15) is 9.59 Å². The van der Waals surface area contributed by atoms with Gasteiger partial charge in [-0.05, 0) is 37.1 Å². The fourth-order valence-electron chi connectivity index (χ4n) is 2.45. The van der Waals surface area contributed by atoms with E-state index in [1.54, 1.807) is 23.9 Å². The molecule has 0 unspecified atom stereocenters. The number of benzene rings is 1. The van der Waals surface area contributed by atoms with Crippen LogP contribution in [0.25, 0.3) is 0 Å². The summed E-state index contributed by atoms with van der Waals surface area (Å²) in [5, 5.41) is 3.43. The molecular weight excluding hydrogens is 268 g/mol. The molecule has 1 aliphatic rings. The maximum Gasteiger partial charge on any atom is 0.314 e. The number of carbonyl (C=O) groups excluding carboxylic acids is 2. The quantitative estimate of drug-likeness (QED) is 0.882. The number of urea groups is 1. The number of amides is 3. The van der Waals surface area contributed by atoms with E-state index < -0.39 is 0 Å². The van der Waals surface area contributed by atoms with Gasteiger partial charge in [-0.15, -0.1) is 0 Å². The molecule has 21 heavy (non-hydrogen) atoms. The zero-order valence-electron chi connectivity index (χ0n) is 12.5. The lowest BCUT2D eigenvalue weighted by Crippen LogP contribution is -2.44. The van der Waals surface area contributed by atoms with Crippen molar-refractivity contribution in [3.63, 3.8) is 0 Å². The normalized spacial score (nSPS) is 15.6. The molecule has 2 rings (SSSR count). The van der Waals surface area contributed by atoms with Gasteiger partial charge in [-0.3, -0.25) is 4.79 Å². The van der Waals surface area contributed by atoms with Crippen LogP contribution < -0.4 is 11.1 Å². The van der Waals surface area contributed by atoms with Gasteiger partial charge in [0.25, 0.3) is 5.91 Å². The number of likely N-dealkylation sites (tertiary alicyclic amines) is 1. The molecule has 0 saturated carbocycles. The van der Waals surface area contributed by atoms with E-state index >= 15 is 0 Å². The molecular formula is C15H22N4O2. The van der Waals surface area contributed by atoms with E-state index in [0.29, 0.717) is 24.7 Å². The molecule has 1 fully saturated rings. The molecule has 1 heterocycles. The van der Waals surface area contributed by atoms with Gasteiger partial charge >= 0.3 is 6.03 Å². The first kappa shape index (κ1) is 15.2. The third-order valence-electron chi connectivity index (χ3n) is 3.72. The predicted molar refractivity (Wildman–Crippen MR) is 82.3 cm³/mol. The maximum absolute atomic E-state index is 11.8. The van der Waals surface area contributed by atoms with Crippen molar-refractivity contribution >= 4 is 17.6 Å². The Morgan fingerprint density at radius 2 is 1.76 bits per heavy atom. The maximum atomic E-state index is 11.8. The van der Waals surface area contributed by atoms with Crippen molar-refractivity contribution in [2.75, 3.05) is 32.5 Å². The summed E-state index contributed by atoms with van der Waals surface area (Å²) >= 11 is 0. The number of primary amides is 1. The van der Waals surface area contributed by atoms with Crippen molar-refractivity contribution in [3.05, 3.63) is 29.8 Å². The molecule has 0 bridgehead atoms. The van der Waals surface area contributed by atoms with Crippen LogP contribution in [0.2, 0.25) is 0 Å². The molecule has 114 valence electrons. The summed E-state index contributed by atoms with van der Waals surface area (Å²) in [5.41, 5.74) is 6.93. The molecule has 3 amide bonds. The number of piperidine rings is 1. The molecule has 6 nitrogen and oxygen atoms in total. The van der Waals surface area contributed by atoms with Crippen LogP contribution in [0.5, 0.6) is 0 Å². The van der Waals surface area contributed by atoms with Gasteiger partial charge in [-0.2, -0.15) is 0 Å². The Hall–Kier alpha value is -2.24. The summed E-state index contributed by atoms with van der Waals surface area (Å²) in [6.45, 7) is 1.37. The summed E-state index contributed by atoms with van der Waals surface area (Å²) in [4.78, 5) is 26.1. The summed E-state index contributed by atoms with van der Waals surface area (Å²) in [6, 6.07) is 7.46. The second-order valence-corrected chi connectivity index (χ2v) is 5.52. The Kier molecular flexibility index (Phi) is 4.67. The lowest BCUT2D eigenvalue weighted by atomic mass is 10.0. The highest BCUT2D eigenvalue weighted by atomic mass is 16.2. The number of nitrogens with zero attached hydrogens (tertiary/aromatic N) is 2. The summed E-state index contributed by atoms with van der Waals surface area (Å²) in [6.07, 6.45) is 1.75. The molecule has 0 aromatic heterocycles. The topological polar surface area (TPSA) is 78.7 Å². The third-order valence-corrected chi connectivity index (χ3v) is 3.72. The van der Waals surface area contributed by atoms with Crippen LogP contribution in [0.15, 0.2) is 24.3 Å². The van der Waals surface area contributed by atoms with E-state index in [0.717, 1.165) is 18.5 Å². The third kappa shape index (κ3) is 3.87. The van der Waals surface area contributed by atoms with E-state index in [4.69, 9.17) is 5.73 Å². The molecule has 0 spiro atoms. The van der Waals surface area contributed by atoms with E-state index in [2.05, 4.69) is 5.32 Å². The molecule has 1 saturated heterocycles. The average molecular weight is 290 g/mol. The SMILES string of the molecule is CN(C)C(=O)c1ccc(NC2CCN(C(N)=O)CC2)cc1. The van der Waals surface area contributed by atoms with Gasteiger partial charge in [-0.1, -0.05) is 0 Å². The number of carbonyl (C=O) groups is 2. The first-order valence-corrected chi connectivity index (χ1v) is 7.10. The first-order valence-electron chi connectivity index (χ1n) is 7.10. The predicted octanol–water partition coefficient (Wildman–Crippen LogP) is 1.34. The van der Waals surface area contributed by atoms with Crippen LogP contribution in [0.4, 0.5) is 10.5 Å². The summed E-state index contributed by atoms with van der Waals surface area (Å²) in [5.74, 6) is -0.00341. The van der Waals surface area contributed by atoms with Crippen LogP contribution in [-0.2, 0) is 0 Å². The van der Waals surface area contributed by atoms with Gasteiger partial charge in [0.05, 0.1) is 0 Å². The minimum absolute atomic E-state index is 0.00341. The smallest absolute Gasteiger partial charge is 0.314 e. The fourth-order valence-corrected chi connectivity index (χ4v) is 2.45. The second kappa shape index (κ2) is 6.47. The summed E-state index contributed by atoms with van der Waals surface area (Å²) < 4.78 is 0. The zero-order valence-corrected chi connectivity index (χ0v) is 12.5. The molecule has 1 aromatic rings. The van der Waals surface area contributed by atoms with Crippen LogP contribution in [0, 0.1) is 0 Å². The highest BCUT2D eigenvalue weighted by Crippen LogP contribution is 2.17. The van der Waals surface area contributed by atoms with Crippen molar-refractivity contribution in [2.45, 2.75) is 18.9 Å². The number of nitrogens with one attached hydrogen (secondary N) is 1. The van der Waals surface area contributed by atoms with Gasteiger partial charge in [-0.25, -0.2) is 4.79 Å². The van der Waals surface area contributed by atoms with Crippen LogP contribution >= 0.6 is 0 Å². The first-order chi connectivity index (χ1) is 9.97. The minimum Gasteiger partial charge on any atom is -0.382 e. The zero-order chi connectivity index (χ0) is 15.4. The lowest BCUT2D eigenvalue weighted by molar-refractivity contribution is 0.0827. The van der Waals surface area contributed by atoms with Crippen molar-refractivity contribution in [2.24, 2.45) is 5.73 Å². The second-order valence-electron chi connectivity index (χ2n) is 5.52. The Bertz CT molecular complexity index is 505. The molecule has 1 aromatic carbocycles. The number of rotatable bonds is 3. The van der Waals surface area contributed by atoms with Gasteiger partial charge in [0.2, 0.25) is 0 Å². The van der Waals surface area contributed by atoms with Crippen LogP contribution in [-0.4, -0.2) is 55.0 Å². The highest BCUT2D eigenvalue weighted by Gasteiger charge is 2.21. The van der Waals surface area contributed by atoms with Crippen molar-refractivity contribution in [1.82, 2.24) is 9.80 Å². The fraction of sp³-hybridized carbons (Fsp3) is 0.467. The van der Waals surface area contributed by atoms with Crippen molar-refractivity contribution < 1.29 is 9.59 Å². The molecule has 0 radical (unpaired) electrons. The average Bonchev–Trinajstić information content (AvgIpc) is 2.47. The number of nitrogens with two attached hydrogens (primary N) is 1. The molecule has 1 aliphatic heterocycles. The van der Waals surface area contributed by atoms with E-state index in [1.807, 2.05) is 24.3 Å². The van der Waals surface area contributed by atoms with Crippen LogP contribution in [0.1, 0.15) is 23.2 Å². The Morgan fingerprint density at radius 3 is 2.24 bits per heavy atom. The Balaban J connectivity index is 1.90. The number of anilines is 1. The van der Waals surface area contributed by atoms with Gasteiger partial charge in [0.15, 0.2) is 0 Å². The number of hydrogen-bond donors (Lipinski definition) is 2. The Morgan fingerprint density at radius 1 is 1.19 bits per heavy atom. The Labute approximate surface area is 124 Å². The largest absolute Gasteiger partial charge is 0.382 e. The van der Waals surface area contributed by atoms with Crippen LogP contribution in [0.3, 0.4) is 0 Å². The van der Waals surface area contributed by atoms with E-state index in [1.165, 1.54) is 0 Å². The lowest BCUT2D eigenvalue weighted by Gasteiger charge is -2.31. The monoisotopic (exact) mass is 290 g/mol. The minimum atomic E-state index is -0.347. The molecule has 0 atom stereocenters. The molecule has 6 heteroatoms. The van der Waals surface area contributed by atoms with Gasteiger partial charge < -0.3 is 20.9 Å². The van der Waals surface area contributed by atoms with Gasteiger partial charge in [0, 0.05) is 44.5 Å². The van der Waals surface area contributed by atoms with Gasteiger partial charge in [0.1, 0.15) is 0 Å². The van der Waals surface area contributed by atoms with Crippen molar-refractivity contribution in [1.29, 1.82) is 0 Å². The standard InChI is InChI=1S/C15H22N4O2/c1-18(2)14(20)11-3-5-12(6-4-11)17-13-7-9-19(10-8-13)15(16)21/h3-6,13,17H,7-10H2,1-2H3,(H2,16,21). The summed E-state index contributed by atoms with van der Waals surface area (Å²) in [7, 11) is 3.47. The van der Waals surface area contributed by atoms with Crippen molar-refractivity contribution in [3.8, 4) is 0 Å². The van der Waals surface area contributed by atoms with E-state index in [-0.39, 0.29) is 11.9 Å². The highest BCUT2D eigenvalue weighted by molar-refractivity contribution is 5.94. The number of hydrogen-bond acceptors (Lipinski definition) is 3.